The highest BCUT2D eigenvalue weighted by Gasteiger charge is 2.11. The molecule has 2 heterocycles. The zero-order chi connectivity index (χ0) is 13.0. The van der Waals surface area contributed by atoms with Gasteiger partial charge in [-0.05, 0) is 36.9 Å². The summed E-state index contributed by atoms with van der Waals surface area (Å²) in [6.07, 6.45) is 1.66. The maximum atomic E-state index is 11.8. The van der Waals surface area contributed by atoms with Gasteiger partial charge in [-0.3, -0.25) is 5.32 Å². The van der Waals surface area contributed by atoms with Gasteiger partial charge >= 0.3 is 6.03 Å². The van der Waals surface area contributed by atoms with Crippen molar-refractivity contribution in [1.82, 2.24) is 10.3 Å². The van der Waals surface area contributed by atoms with Crippen molar-refractivity contribution in [2.45, 2.75) is 19.9 Å². The Labute approximate surface area is 110 Å². The third kappa shape index (κ3) is 3.07. The van der Waals surface area contributed by atoms with Crippen molar-refractivity contribution >= 4 is 23.2 Å². The molecule has 0 fully saturated rings. The predicted octanol–water partition coefficient (Wildman–Crippen LogP) is 3.33. The molecule has 0 saturated carbocycles. The molecule has 94 valence electrons. The fourth-order valence-corrected chi connectivity index (χ4v) is 2.30. The first kappa shape index (κ1) is 12.6. The van der Waals surface area contributed by atoms with E-state index in [0.29, 0.717) is 5.82 Å². The number of aryl methyl sites for hydroxylation is 1. The highest BCUT2D eigenvalue weighted by atomic mass is 32.1. The number of nitrogens with one attached hydrogen (secondary N) is 2. The molecule has 0 aliphatic heterocycles. The van der Waals surface area contributed by atoms with Crippen molar-refractivity contribution in [3.63, 3.8) is 0 Å². The molecule has 5 heteroatoms. The normalized spacial score (nSPS) is 11.9. The number of carbonyl (C=O) groups excluding carboxylic acids is 1. The number of anilines is 1. The number of pyridine rings is 1. The van der Waals surface area contributed by atoms with E-state index < -0.39 is 0 Å². The van der Waals surface area contributed by atoms with Crippen molar-refractivity contribution in [3.05, 3.63) is 46.3 Å². The van der Waals surface area contributed by atoms with Crippen molar-refractivity contribution in [1.29, 1.82) is 0 Å². The lowest BCUT2D eigenvalue weighted by Gasteiger charge is -2.13. The van der Waals surface area contributed by atoms with Crippen molar-refractivity contribution in [3.8, 4) is 0 Å². The molecule has 0 saturated heterocycles. The van der Waals surface area contributed by atoms with E-state index >= 15 is 0 Å². The molecule has 0 bridgehead atoms. The quantitative estimate of drug-likeness (QED) is 0.890. The summed E-state index contributed by atoms with van der Waals surface area (Å²) >= 11 is 1.62. The number of carbonyl (C=O) groups is 1. The largest absolute Gasteiger partial charge is 0.330 e. The lowest BCUT2D eigenvalue weighted by atomic mass is 10.3. The Balaban J connectivity index is 1.95. The summed E-state index contributed by atoms with van der Waals surface area (Å²) in [6, 6.07) is 7.48. The summed E-state index contributed by atoms with van der Waals surface area (Å²) in [5, 5.41) is 7.62. The second-order valence-corrected chi connectivity index (χ2v) is 4.98. The highest BCUT2D eigenvalue weighted by molar-refractivity contribution is 7.10. The summed E-state index contributed by atoms with van der Waals surface area (Å²) in [7, 11) is 0. The standard InChI is InChI=1S/C13H15N3OS/c1-9-5-3-7-14-12(9)16-13(17)15-10(2)11-6-4-8-18-11/h3-8,10H,1-2H3,(H2,14,15,16,17)/t10-/m0/s1. The molecule has 1 atom stereocenters. The number of rotatable bonds is 3. The predicted molar refractivity (Wildman–Crippen MR) is 73.9 cm³/mol. The van der Waals surface area contributed by atoms with Gasteiger partial charge < -0.3 is 5.32 Å². The van der Waals surface area contributed by atoms with Crippen LogP contribution in [0, 0.1) is 6.92 Å². The topological polar surface area (TPSA) is 54.0 Å². The Kier molecular flexibility index (Phi) is 3.94. The van der Waals surface area contributed by atoms with E-state index in [1.165, 1.54) is 0 Å². The van der Waals surface area contributed by atoms with Crippen LogP contribution in [0.2, 0.25) is 0 Å². The van der Waals surface area contributed by atoms with Crippen LogP contribution in [0.5, 0.6) is 0 Å². The molecule has 0 aliphatic rings. The van der Waals surface area contributed by atoms with Gasteiger partial charge in [-0.25, -0.2) is 9.78 Å². The van der Waals surface area contributed by atoms with Crippen LogP contribution >= 0.6 is 11.3 Å². The SMILES string of the molecule is Cc1cccnc1NC(=O)N[C@@H](C)c1cccs1. The maximum Gasteiger partial charge on any atom is 0.320 e. The number of hydrogen-bond acceptors (Lipinski definition) is 3. The van der Waals surface area contributed by atoms with E-state index in [4.69, 9.17) is 0 Å². The van der Waals surface area contributed by atoms with Crippen LogP contribution < -0.4 is 10.6 Å². The molecule has 0 aromatic carbocycles. The third-order valence-electron chi connectivity index (χ3n) is 2.56. The van der Waals surface area contributed by atoms with E-state index in [1.807, 2.05) is 43.5 Å². The Bertz CT molecular complexity index is 525. The van der Waals surface area contributed by atoms with E-state index in [1.54, 1.807) is 17.5 Å². The average molecular weight is 261 g/mol. The summed E-state index contributed by atoms with van der Waals surface area (Å²) < 4.78 is 0. The minimum Gasteiger partial charge on any atom is -0.330 e. The second kappa shape index (κ2) is 5.64. The summed E-state index contributed by atoms with van der Waals surface area (Å²) in [5.74, 6) is 0.591. The van der Waals surface area contributed by atoms with Gasteiger partial charge in [-0.15, -0.1) is 11.3 Å². The number of hydrogen-bond donors (Lipinski definition) is 2. The molecule has 2 aromatic rings. The van der Waals surface area contributed by atoms with Crippen molar-refractivity contribution in [2.24, 2.45) is 0 Å². The van der Waals surface area contributed by atoms with E-state index in [-0.39, 0.29) is 12.1 Å². The van der Waals surface area contributed by atoms with Crippen LogP contribution in [0.4, 0.5) is 10.6 Å². The van der Waals surface area contributed by atoms with Gasteiger partial charge in [0.2, 0.25) is 0 Å². The molecule has 4 nitrogen and oxygen atoms in total. The third-order valence-corrected chi connectivity index (χ3v) is 3.61. The number of amides is 2. The molecule has 2 N–H and O–H groups in total. The average Bonchev–Trinajstić information content (AvgIpc) is 2.85. The van der Waals surface area contributed by atoms with Gasteiger partial charge in [-0.2, -0.15) is 0 Å². The van der Waals surface area contributed by atoms with Crippen LogP contribution in [0.3, 0.4) is 0 Å². The Morgan fingerprint density at radius 1 is 1.39 bits per heavy atom. The summed E-state index contributed by atoms with van der Waals surface area (Å²) in [5.41, 5.74) is 0.941. The first-order valence-electron chi connectivity index (χ1n) is 5.69. The van der Waals surface area contributed by atoms with Gasteiger partial charge in [0.25, 0.3) is 0 Å². The lowest BCUT2D eigenvalue weighted by Crippen LogP contribution is -2.31. The number of nitrogens with zero attached hydrogens (tertiary/aromatic N) is 1. The van der Waals surface area contributed by atoms with Gasteiger partial charge in [0, 0.05) is 11.1 Å². The van der Waals surface area contributed by atoms with E-state index in [2.05, 4.69) is 15.6 Å². The summed E-state index contributed by atoms with van der Waals surface area (Å²) in [6.45, 7) is 3.86. The maximum absolute atomic E-state index is 11.8. The van der Waals surface area contributed by atoms with E-state index in [9.17, 15) is 4.79 Å². The minimum absolute atomic E-state index is 0.00554. The van der Waals surface area contributed by atoms with Crippen LogP contribution in [-0.2, 0) is 0 Å². The Morgan fingerprint density at radius 2 is 2.22 bits per heavy atom. The minimum atomic E-state index is -0.238. The molecular formula is C13H15N3OS. The van der Waals surface area contributed by atoms with E-state index in [0.717, 1.165) is 10.4 Å². The monoisotopic (exact) mass is 261 g/mol. The Hall–Kier alpha value is -1.88. The molecule has 2 aromatic heterocycles. The first-order chi connectivity index (χ1) is 8.66. The number of aromatic nitrogens is 1. The van der Waals surface area contributed by atoms with Gasteiger partial charge in [0.15, 0.2) is 0 Å². The molecular weight excluding hydrogens is 246 g/mol. The second-order valence-electron chi connectivity index (χ2n) is 4.00. The van der Waals surface area contributed by atoms with Crippen LogP contribution in [0.1, 0.15) is 23.4 Å². The lowest BCUT2D eigenvalue weighted by molar-refractivity contribution is 0.249. The number of urea groups is 1. The molecule has 18 heavy (non-hydrogen) atoms. The van der Waals surface area contributed by atoms with Crippen molar-refractivity contribution < 1.29 is 4.79 Å². The number of thiophene rings is 1. The zero-order valence-corrected chi connectivity index (χ0v) is 11.1. The fourth-order valence-electron chi connectivity index (χ4n) is 1.57. The van der Waals surface area contributed by atoms with Gasteiger partial charge in [0.1, 0.15) is 5.82 Å². The van der Waals surface area contributed by atoms with Crippen LogP contribution in [-0.4, -0.2) is 11.0 Å². The molecule has 0 radical (unpaired) electrons. The molecule has 2 rings (SSSR count). The zero-order valence-electron chi connectivity index (χ0n) is 10.3. The van der Waals surface area contributed by atoms with Gasteiger partial charge in [0.05, 0.1) is 6.04 Å². The smallest absolute Gasteiger partial charge is 0.320 e. The molecule has 0 unspecified atom stereocenters. The van der Waals surface area contributed by atoms with Gasteiger partial charge in [-0.1, -0.05) is 12.1 Å². The molecule has 0 aliphatic carbocycles. The summed E-state index contributed by atoms with van der Waals surface area (Å²) in [4.78, 5) is 17.1. The first-order valence-corrected chi connectivity index (χ1v) is 6.57. The molecule has 2 amide bonds. The Morgan fingerprint density at radius 3 is 2.89 bits per heavy atom. The van der Waals surface area contributed by atoms with Crippen LogP contribution in [0.15, 0.2) is 35.8 Å². The van der Waals surface area contributed by atoms with Crippen molar-refractivity contribution in [2.75, 3.05) is 5.32 Å². The highest BCUT2D eigenvalue weighted by Crippen LogP contribution is 2.18. The molecule has 0 spiro atoms. The fraction of sp³-hybridized carbons (Fsp3) is 0.231. The van der Waals surface area contributed by atoms with Crippen LogP contribution in [0.25, 0.3) is 0 Å².